The monoisotopic (exact) mass is 348 g/mol. The molecule has 1 aliphatic heterocycles. The highest BCUT2D eigenvalue weighted by Gasteiger charge is 2.51. The lowest BCUT2D eigenvalue weighted by molar-refractivity contribution is -0.296. The van der Waals surface area contributed by atoms with E-state index in [2.05, 4.69) is 0 Å². The van der Waals surface area contributed by atoms with Crippen LogP contribution in [0.3, 0.4) is 0 Å². The molecular formula is C14H20O10. The van der Waals surface area contributed by atoms with Gasteiger partial charge in [-0.15, -0.1) is 0 Å². The molecule has 1 fully saturated rings. The van der Waals surface area contributed by atoms with Crippen molar-refractivity contribution in [2.24, 2.45) is 0 Å². The standard InChI is InChI=1S/C14H20O10/c1-6(15)20-5-10-11(21-7(2)16)12(22-8(3)17)13(14(19)24-10)23-9(4)18/h10-14,19H,5H2,1-4H3/t10-,11?,12+,13?,14?/m1/s1. The Bertz CT molecular complexity index is 502. The van der Waals surface area contributed by atoms with E-state index in [1.807, 2.05) is 0 Å². The molecule has 0 aromatic rings. The number of ether oxygens (including phenoxy) is 5. The Balaban J connectivity index is 3.11. The summed E-state index contributed by atoms with van der Waals surface area (Å²) in [6.07, 6.45) is -6.79. The van der Waals surface area contributed by atoms with Crippen molar-refractivity contribution in [1.82, 2.24) is 0 Å². The van der Waals surface area contributed by atoms with E-state index in [0.29, 0.717) is 0 Å². The van der Waals surface area contributed by atoms with Gasteiger partial charge in [0.1, 0.15) is 12.7 Å². The molecule has 136 valence electrons. The van der Waals surface area contributed by atoms with Crippen LogP contribution in [0.15, 0.2) is 0 Å². The maximum Gasteiger partial charge on any atom is 0.303 e. The molecule has 0 aromatic carbocycles. The predicted octanol–water partition coefficient (Wildman–Crippen LogP) is -0.938. The summed E-state index contributed by atoms with van der Waals surface area (Å²) in [5, 5.41) is 10.0. The largest absolute Gasteiger partial charge is 0.463 e. The molecule has 0 amide bonds. The third-order valence-electron chi connectivity index (χ3n) is 2.97. The van der Waals surface area contributed by atoms with Crippen molar-refractivity contribution >= 4 is 23.9 Å². The number of hydrogen-bond acceptors (Lipinski definition) is 10. The topological polar surface area (TPSA) is 135 Å². The quantitative estimate of drug-likeness (QED) is 0.490. The van der Waals surface area contributed by atoms with E-state index >= 15 is 0 Å². The lowest BCUT2D eigenvalue weighted by Crippen LogP contribution is -2.62. The summed E-state index contributed by atoms with van der Waals surface area (Å²) in [4.78, 5) is 44.9. The van der Waals surface area contributed by atoms with Crippen LogP contribution in [-0.2, 0) is 42.9 Å². The molecule has 1 aliphatic rings. The number of aliphatic hydroxyl groups excluding tert-OH is 1. The van der Waals surface area contributed by atoms with Crippen LogP contribution in [0, 0.1) is 0 Å². The second kappa shape index (κ2) is 8.60. The molecule has 0 bridgehead atoms. The van der Waals surface area contributed by atoms with Gasteiger partial charge in [0.2, 0.25) is 0 Å². The third kappa shape index (κ3) is 5.78. The smallest absolute Gasteiger partial charge is 0.303 e. The molecule has 1 N–H and O–H groups in total. The molecule has 0 radical (unpaired) electrons. The van der Waals surface area contributed by atoms with Crippen molar-refractivity contribution in [2.45, 2.75) is 58.4 Å². The van der Waals surface area contributed by atoms with Crippen LogP contribution >= 0.6 is 0 Å². The first kappa shape index (κ1) is 19.8. The molecule has 3 unspecified atom stereocenters. The summed E-state index contributed by atoms with van der Waals surface area (Å²) < 4.78 is 25.0. The average molecular weight is 348 g/mol. The third-order valence-corrected chi connectivity index (χ3v) is 2.97. The lowest BCUT2D eigenvalue weighted by atomic mass is 9.98. The Labute approximate surface area is 137 Å². The molecule has 1 heterocycles. The normalized spacial score (nSPS) is 29.3. The van der Waals surface area contributed by atoms with Gasteiger partial charge in [-0.25, -0.2) is 0 Å². The van der Waals surface area contributed by atoms with Gasteiger partial charge in [0, 0.05) is 27.7 Å². The van der Waals surface area contributed by atoms with Gasteiger partial charge in [-0.05, 0) is 0 Å². The minimum atomic E-state index is -1.68. The molecule has 0 spiro atoms. The van der Waals surface area contributed by atoms with Crippen LogP contribution in [-0.4, -0.2) is 66.3 Å². The number of aliphatic hydroxyl groups is 1. The lowest BCUT2D eigenvalue weighted by Gasteiger charge is -2.42. The zero-order chi connectivity index (χ0) is 18.4. The number of rotatable bonds is 5. The summed E-state index contributed by atoms with van der Waals surface area (Å²) in [7, 11) is 0. The van der Waals surface area contributed by atoms with Crippen LogP contribution in [0.25, 0.3) is 0 Å². The predicted molar refractivity (Wildman–Crippen MR) is 74.2 cm³/mol. The highest BCUT2D eigenvalue weighted by atomic mass is 16.7. The number of carbonyl (C=O) groups is 4. The molecule has 10 heteroatoms. The van der Waals surface area contributed by atoms with Crippen molar-refractivity contribution in [3.05, 3.63) is 0 Å². The van der Waals surface area contributed by atoms with Gasteiger partial charge in [0.05, 0.1) is 0 Å². The summed E-state index contributed by atoms with van der Waals surface area (Å²) >= 11 is 0. The van der Waals surface area contributed by atoms with E-state index in [9.17, 15) is 24.3 Å². The van der Waals surface area contributed by atoms with Gasteiger partial charge < -0.3 is 28.8 Å². The maximum atomic E-state index is 11.3. The summed E-state index contributed by atoms with van der Waals surface area (Å²) in [5.74, 6) is -2.87. The van der Waals surface area contributed by atoms with Crippen LogP contribution in [0.4, 0.5) is 0 Å². The first-order valence-electron chi connectivity index (χ1n) is 7.10. The summed E-state index contributed by atoms with van der Waals surface area (Å²) in [5.41, 5.74) is 0. The Kier molecular flexibility index (Phi) is 7.11. The maximum absolute atomic E-state index is 11.3. The molecule has 0 aromatic heterocycles. The Hall–Kier alpha value is -2.20. The van der Waals surface area contributed by atoms with Crippen molar-refractivity contribution in [3.8, 4) is 0 Å². The molecule has 0 aliphatic carbocycles. The van der Waals surface area contributed by atoms with Crippen LogP contribution in [0.2, 0.25) is 0 Å². The van der Waals surface area contributed by atoms with Gasteiger partial charge in [0.25, 0.3) is 0 Å². The van der Waals surface area contributed by atoms with E-state index in [-0.39, 0.29) is 6.61 Å². The fraction of sp³-hybridized carbons (Fsp3) is 0.714. The number of carbonyl (C=O) groups excluding carboxylic acids is 4. The second-order valence-corrected chi connectivity index (χ2v) is 5.09. The van der Waals surface area contributed by atoms with Gasteiger partial charge >= 0.3 is 23.9 Å². The second-order valence-electron chi connectivity index (χ2n) is 5.09. The minimum Gasteiger partial charge on any atom is -0.463 e. The number of esters is 4. The van der Waals surface area contributed by atoms with Crippen LogP contribution < -0.4 is 0 Å². The van der Waals surface area contributed by atoms with Crippen molar-refractivity contribution in [3.63, 3.8) is 0 Å². The van der Waals surface area contributed by atoms with E-state index in [0.717, 1.165) is 27.7 Å². The van der Waals surface area contributed by atoms with Crippen molar-refractivity contribution < 1.29 is 48.0 Å². The van der Waals surface area contributed by atoms with Gasteiger partial charge in [-0.2, -0.15) is 0 Å². The van der Waals surface area contributed by atoms with E-state index in [1.165, 1.54) is 0 Å². The minimum absolute atomic E-state index is 0.366. The van der Waals surface area contributed by atoms with Crippen molar-refractivity contribution in [2.75, 3.05) is 6.61 Å². The molecule has 1 rings (SSSR count). The van der Waals surface area contributed by atoms with E-state index < -0.39 is 54.6 Å². The molecule has 1 saturated heterocycles. The highest BCUT2D eigenvalue weighted by Crippen LogP contribution is 2.28. The number of hydrogen-bond donors (Lipinski definition) is 1. The zero-order valence-electron chi connectivity index (χ0n) is 13.7. The Morgan fingerprint density at radius 1 is 0.792 bits per heavy atom. The summed E-state index contributed by atoms with van der Waals surface area (Å²) in [6, 6.07) is 0. The fourth-order valence-electron chi connectivity index (χ4n) is 2.21. The van der Waals surface area contributed by atoms with Gasteiger partial charge in [-0.3, -0.25) is 19.2 Å². The fourth-order valence-corrected chi connectivity index (χ4v) is 2.21. The average Bonchev–Trinajstić information content (AvgIpc) is 2.42. The first-order valence-corrected chi connectivity index (χ1v) is 7.10. The summed E-state index contributed by atoms with van der Waals surface area (Å²) in [6.45, 7) is 4.09. The van der Waals surface area contributed by atoms with E-state index in [4.69, 9.17) is 23.7 Å². The molecule has 0 saturated carbocycles. The molecular weight excluding hydrogens is 328 g/mol. The highest BCUT2D eigenvalue weighted by molar-refractivity contribution is 5.68. The van der Waals surface area contributed by atoms with Gasteiger partial charge in [0.15, 0.2) is 24.6 Å². The SMILES string of the molecule is CC(=O)OC[C@H]1OC(O)C(OC(C)=O)[C@@H](OC(C)=O)C1OC(C)=O. The van der Waals surface area contributed by atoms with Crippen molar-refractivity contribution in [1.29, 1.82) is 0 Å². The first-order chi connectivity index (χ1) is 11.1. The van der Waals surface area contributed by atoms with E-state index in [1.54, 1.807) is 0 Å². The Morgan fingerprint density at radius 3 is 1.71 bits per heavy atom. The zero-order valence-corrected chi connectivity index (χ0v) is 13.7. The van der Waals surface area contributed by atoms with Crippen LogP contribution in [0.5, 0.6) is 0 Å². The molecule has 24 heavy (non-hydrogen) atoms. The molecule has 10 nitrogen and oxygen atoms in total. The van der Waals surface area contributed by atoms with Gasteiger partial charge in [-0.1, -0.05) is 0 Å². The Morgan fingerprint density at radius 2 is 1.25 bits per heavy atom. The molecule has 5 atom stereocenters. The van der Waals surface area contributed by atoms with Crippen LogP contribution in [0.1, 0.15) is 27.7 Å².